The number of hydrogen-bond donors (Lipinski definition) is 0. The second-order valence-corrected chi connectivity index (χ2v) is 10.2. The molecule has 0 amide bonds. The molecule has 1 saturated heterocycles. The number of aromatic nitrogens is 3. The highest BCUT2D eigenvalue weighted by Gasteiger charge is 2.31. The van der Waals surface area contributed by atoms with Crippen LogP contribution in [0.25, 0.3) is 21.9 Å². The zero-order valence-corrected chi connectivity index (χ0v) is 17.9. The molecule has 4 aromatic rings. The van der Waals surface area contributed by atoms with Crippen molar-refractivity contribution in [3.8, 4) is 0 Å². The summed E-state index contributed by atoms with van der Waals surface area (Å²) in [4.78, 5) is 8.44. The number of sulfonamides is 1. The van der Waals surface area contributed by atoms with Gasteiger partial charge in [-0.05, 0) is 41.6 Å². The van der Waals surface area contributed by atoms with Crippen molar-refractivity contribution in [2.45, 2.75) is 14.7 Å². The van der Waals surface area contributed by atoms with Crippen LogP contribution in [0.2, 0.25) is 0 Å². The van der Waals surface area contributed by atoms with Crippen LogP contribution in [0.5, 0.6) is 0 Å². The van der Waals surface area contributed by atoms with Crippen molar-refractivity contribution in [2.24, 2.45) is 0 Å². The lowest BCUT2D eigenvalue weighted by Gasteiger charge is -2.31. The van der Waals surface area contributed by atoms with Gasteiger partial charge in [0.1, 0.15) is 4.90 Å². The number of para-hydroxylation sites is 1. The smallest absolute Gasteiger partial charge is 0.245 e. The summed E-state index contributed by atoms with van der Waals surface area (Å²) < 4.78 is 32.9. The van der Waals surface area contributed by atoms with Crippen molar-refractivity contribution in [1.29, 1.82) is 0 Å². The van der Waals surface area contributed by atoms with E-state index in [2.05, 4.69) is 20.2 Å². The Hall–Kier alpha value is -2.53. The first-order valence-electron chi connectivity index (χ1n) is 9.49. The van der Waals surface area contributed by atoms with Gasteiger partial charge in [-0.2, -0.15) is 4.31 Å². The first kappa shape index (κ1) is 19.4. The van der Waals surface area contributed by atoms with Crippen LogP contribution >= 0.6 is 11.8 Å². The fourth-order valence-corrected chi connectivity index (χ4v) is 6.11. The molecular weight excluding hydrogens is 422 g/mol. The van der Waals surface area contributed by atoms with Gasteiger partial charge in [-0.25, -0.2) is 13.0 Å². The van der Waals surface area contributed by atoms with E-state index in [0.29, 0.717) is 31.7 Å². The molecule has 1 aliphatic heterocycles. The molecule has 0 atom stereocenters. The van der Waals surface area contributed by atoms with Gasteiger partial charge in [0.15, 0.2) is 11.0 Å². The van der Waals surface area contributed by atoms with Gasteiger partial charge < -0.3 is 4.90 Å². The van der Waals surface area contributed by atoms with Crippen LogP contribution < -0.4 is 0 Å². The molecule has 154 valence electrons. The van der Waals surface area contributed by atoms with Gasteiger partial charge in [0.25, 0.3) is 0 Å². The average molecular weight is 442 g/mol. The topological polar surface area (TPSA) is 92.4 Å². The van der Waals surface area contributed by atoms with Crippen molar-refractivity contribution in [2.75, 3.05) is 33.2 Å². The normalized spacial score (nSPS) is 16.4. The highest BCUT2D eigenvalue weighted by molar-refractivity contribution is 7.99. The Morgan fingerprint density at radius 1 is 0.900 bits per heavy atom. The lowest BCUT2D eigenvalue weighted by Crippen LogP contribution is -2.47. The lowest BCUT2D eigenvalue weighted by molar-refractivity contribution is 0.222. The Kier molecular flexibility index (Phi) is 4.94. The summed E-state index contributed by atoms with van der Waals surface area (Å²) in [6, 6.07) is 13.2. The van der Waals surface area contributed by atoms with Crippen LogP contribution in [0.4, 0.5) is 0 Å². The largest absolute Gasteiger partial charge is 0.304 e. The van der Waals surface area contributed by atoms with Crippen molar-refractivity contribution >= 4 is 43.7 Å². The van der Waals surface area contributed by atoms with Gasteiger partial charge in [-0.15, -0.1) is 0 Å². The molecule has 1 fully saturated rings. The van der Waals surface area contributed by atoms with E-state index in [-0.39, 0.29) is 10.4 Å². The highest BCUT2D eigenvalue weighted by Crippen LogP contribution is 2.37. The molecule has 0 saturated carbocycles. The van der Waals surface area contributed by atoms with Gasteiger partial charge in [-0.3, -0.25) is 4.98 Å². The number of benzene rings is 2. The minimum atomic E-state index is -3.68. The third-order valence-corrected chi connectivity index (χ3v) is 8.27. The zero-order chi connectivity index (χ0) is 20.7. The minimum absolute atomic E-state index is 0.128. The molecule has 0 aliphatic carbocycles. The van der Waals surface area contributed by atoms with Gasteiger partial charge in [0.2, 0.25) is 10.0 Å². The quantitative estimate of drug-likeness (QED) is 0.477. The second-order valence-electron chi connectivity index (χ2n) is 7.16. The molecule has 1 aliphatic rings. The van der Waals surface area contributed by atoms with E-state index in [0.717, 1.165) is 20.7 Å². The van der Waals surface area contributed by atoms with E-state index in [4.69, 9.17) is 4.63 Å². The third-order valence-electron chi connectivity index (χ3n) is 5.24. The standard InChI is InChI=1S/C20H19N5O3S2/c1-24-10-12-25(13-11-24)30(26,27)17-8-7-16(19-20(17)23-28-22-19)29-15-6-2-4-14-5-3-9-21-18(14)15/h2-9H,10-13H2,1H3. The molecule has 10 heteroatoms. The van der Waals surface area contributed by atoms with Gasteiger partial charge in [0.05, 0.1) is 5.52 Å². The molecule has 30 heavy (non-hydrogen) atoms. The third kappa shape index (κ3) is 3.35. The lowest BCUT2D eigenvalue weighted by atomic mass is 10.2. The van der Waals surface area contributed by atoms with E-state index in [1.54, 1.807) is 18.3 Å². The molecular formula is C20H19N5O3S2. The molecule has 2 aromatic heterocycles. The first-order valence-corrected chi connectivity index (χ1v) is 11.8. The molecule has 0 radical (unpaired) electrons. The Morgan fingerprint density at radius 2 is 1.63 bits per heavy atom. The number of rotatable bonds is 4. The Bertz CT molecular complexity index is 1330. The summed E-state index contributed by atoms with van der Waals surface area (Å²) >= 11 is 1.47. The van der Waals surface area contributed by atoms with Crippen LogP contribution in [-0.2, 0) is 10.0 Å². The van der Waals surface area contributed by atoms with Crippen LogP contribution in [-0.4, -0.2) is 66.1 Å². The molecule has 0 unspecified atom stereocenters. The maximum absolute atomic E-state index is 13.2. The first-order chi connectivity index (χ1) is 14.5. The van der Waals surface area contributed by atoms with Crippen molar-refractivity contribution < 1.29 is 13.0 Å². The van der Waals surface area contributed by atoms with E-state index in [1.165, 1.54) is 16.1 Å². The van der Waals surface area contributed by atoms with Gasteiger partial charge in [0, 0.05) is 47.6 Å². The van der Waals surface area contributed by atoms with Gasteiger partial charge >= 0.3 is 0 Å². The van der Waals surface area contributed by atoms with Crippen molar-refractivity contribution in [1.82, 2.24) is 24.5 Å². The molecule has 2 aromatic carbocycles. The Balaban J connectivity index is 1.55. The summed E-state index contributed by atoms with van der Waals surface area (Å²) in [5.74, 6) is 0. The summed E-state index contributed by atoms with van der Waals surface area (Å²) in [5, 5.41) is 8.97. The van der Waals surface area contributed by atoms with E-state index in [9.17, 15) is 8.42 Å². The minimum Gasteiger partial charge on any atom is -0.304 e. The van der Waals surface area contributed by atoms with Crippen LogP contribution in [0.1, 0.15) is 0 Å². The fourth-order valence-electron chi connectivity index (χ4n) is 3.56. The van der Waals surface area contributed by atoms with Crippen molar-refractivity contribution in [3.05, 3.63) is 48.7 Å². The molecule has 3 heterocycles. The maximum Gasteiger partial charge on any atom is 0.245 e. The zero-order valence-electron chi connectivity index (χ0n) is 16.2. The van der Waals surface area contributed by atoms with Crippen LogP contribution in [0, 0.1) is 0 Å². The SMILES string of the molecule is CN1CCN(S(=O)(=O)c2ccc(Sc3cccc4cccnc34)c3nonc23)CC1. The Morgan fingerprint density at radius 3 is 2.47 bits per heavy atom. The summed E-state index contributed by atoms with van der Waals surface area (Å²) in [6.45, 7) is 2.29. The highest BCUT2D eigenvalue weighted by atomic mass is 32.2. The number of fused-ring (bicyclic) bond motifs is 2. The predicted molar refractivity (Wildman–Crippen MR) is 114 cm³/mol. The number of hydrogen-bond acceptors (Lipinski definition) is 8. The molecule has 0 N–H and O–H groups in total. The van der Waals surface area contributed by atoms with E-state index in [1.807, 2.05) is 37.4 Å². The number of piperazine rings is 1. The van der Waals surface area contributed by atoms with Crippen LogP contribution in [0.3, 0.4) is 0 Å². The van der Waals surface area contributed by atoms with Crippen LogP contribution in [0.15, 0.2) is 68.0 Å². The van der Waals surface area contributed by atoms with Gasteiger partial charge in [-0.1, -0.05) is 30.0 Å². The number of nitrogens with zero attached hydrogens (tertiary/aromatic N) is 5. The monoisotopic (exact) mass is 441 g/mol. The summed E-state index contributed by atoms with van der Waals surface area (Å²) in [5.41, 5.74) is 1.57. The maximum atomic E-state index is 13.2. The molecule has 0 bridgehead atoms. The summed E-state index contributed by atoms with van der Waals surface area (Å²) in [7, 11) is -1.70. The molecule has 8 nitrogen and oxygen atoms in total. The molecule has 5 rings (SSSR count). The van der Waals surface area contributed by atoms with E-state index < -0.39 is 10.0 Å². The number of pyridine rings is 1. The molecule has 0 spiro atoms. The van der Waals surface area contributed by atoms with Crippen molar-refractivity contribution in [3.63, 3.8) is 0 Å². The fraction of sp³-hybridized carbons (Fsp3) is 0.250. The second kappa shape index (κ2) is 7.62. The average Bonchev–Trinajstić information content (AvgIpc) is 3.25. The summed E-state index contributed by atoms with van der Waals surface area (Å²) in [6.07, 6.45) is 1.76. The Labute approximate surface area is 177 Å². The number of likely N-dealkylation sites (N-methyl/N-ethyl adjacent to an activating group) is 1. The van der Waals surface area contributed by atoms with E-state index >= 15 is 0 Å². The predicted octanol–water partition coefficient (Wildman–Crippen LogP) is 2.86.